The van der Waals surface area contributed by atoms with Crippen molar-refractivity contribution in [3.63, 3.8) is 0 Å². The molecule has 0 bridgehead atoms. The van der Waals surface area contributed by atoms with Crippen LogP contribution in [0.1, 0.15) is 37.8 Å². The molecule has 6 nitrogen and oxygen atoms in total. The molecule has 3 heterocycles. The van der Waals surface area contributed by atoms with Gasteiger partial charge in [-0.2, -0.15) is 0 Å². The highest BCUT2D eigenvalue weighted by Gasteiger charge is 2.28. The Morgan fingerprint density at radius 1 is 1.31 bits per heavy atom. The third-order valence-electron chi connectivity index (χ3n) is 5.81. The standard InChI is InChI=1S/C22H29FN5O/c1-13-10-18(24-3)27-22(25-13)26-17-12-16-7-9-29-21(16)19(20(17)23)15-6-5-8-28(4)14(2)11-15/h10-12,14,18,24H,5-9H2,1-4H3,(H,26,27). The number of hydrogen-bond acceptors (Lipinski definition) is 6. The van der Waals surface area contributed by atoms with Crippen LogP contribution in [-0.4, -0.2) is 56.0 Å². The van der Waals surface area contributed by atoms with Crippen molar-refractivity contribution in [1.29, 1.82) is 0 Å². The number of nitrogens with zero attached hydrogens (tertiary/aromatic N) is 3. The Morgan fingerprint density at radius 3 is 2.93 bits per heavy atom. The number of halogens is 1. The molecular weight excluding hydrogens is 369 g/mol. The molecule has 155 valence electrons. The lowest BCUT2D eigenvalue weighted by Gasteiger charge is -2.21. The fraction of sp³-hybridized carbons (Fsp3) is 0.500. The highest BCUT2D eigenvalue weighted by atomic mass is 19.1. The van der Waals surface area contributed by atoms with Crippen molar-refractivity contribution in [2.45, 2.75) is 45.3 Å². The lowest BCUT2D eigenvalue weighted by Crippen LogP contribution is -2.32. The number of allylic oxidation sites excluding steroid dienone is 1. The zero-order valence-corrected chi connectivity index (χ0v) is 17.6. The van der Waals surface area contributed by atoms with Crippen LogP contribution in [0.4, 0.5) is 10.1 Å². The zero-order chi connectivity index (χ0) is 20.5. The average molecular weight is 399 g/mol. The van der Waals surface area contributed by atoms with Gasteiger partial charge in [-0.15, -0.1) is 0 Å². The summed E-state index contributed by atoms with van der Waals surface area (Å²) in [6, 6.07) is 2.09. The van der Waals surface area contributed by atoms with E-state index in [-0.39, 0.29) is 18.0 Å². The van der Waals surface area contributed by atoms with Gasteiger partial charge in [-0.3, -0.25) is 5.32 Å². The minimum Gasteiger partial charge on any atom is -0.492 e. The molecular formula is C22H29FN5O. The minimum atomic E-state index is -0.292. The zero-order valence-electron chi connectivity index (χ0n) is 17.6. The van der Waals surface area contributed by atoms with E-state index in [1.165, 1.54) is 0 Å². The normalized spacial score (nSPS) is 24.8. The molecule has 2 atom stereocenters. The number of anilines is 1. The Balaban J connectivity index is 1.75. The van der Waals surface area contributed by atoms with Crippen LogP contribution in [0.3, 0.4) is 0 Å². The summed E-state index contributed by atoms with van der Waals surface area (Å²) in [7, 11) is 3.94. The van der Waals surface area contributed by atoms with Gasteiger partial charge in [0.15, 0.2) is 5.82 Å². The van der Waals surface area contributed by atoms with Crippen LogP contribution in [0.5, 0.6) is 5.75 Å². The van der Waals surface area contributed by atoms with Crippen molar-refractivity contribution in [2.24, 2.45) is 9.98 Å². The Bertz CT molecular complexity index is 892. The summed E-state index contributed by atoms with van der Waals surface area (Å²) in [6.45, 7) is 5.64. The molecule has 2 N–H and O–H groups in total. The summed E-state index contributed by atoms with van der Waals surface area (Å²) >= 11 is 0. The van der Waals surface area contributed by atoms with Gasteiger partial charge in [0.05, 0.1) is 17.9 Å². The first kappa shape index (κ1) is 20.0. The van der Waals surface area contributed by atoms with Crippen molar-refractivity contribution in [2.75, 3.05) is 32.6 Å². The molecule has 4 rings (SSSR count). The van der Waals surface area contributed by atoms with Crippen molar-refractivity contribution in [3.8, 4) is 5.75 Å². The van der Waals surface area contributed by atoms with E-state index in [0.29, 0.717) is 29.6 Å². The van der Waals surface area contributed by atoms with Crippen LogP contribution in [0, 0.1) is 12.2 Å². The van der Waals surface area contributed by atoms with E-state index in [9.17, 15) is 0 Å². The number of aliphatic imine (C=N–C) groups is 2. The van der Waals surface area contributed by atoms with E-state index in [2.05, 4.69) is 45.6 Å². The number of guanidine groups is 1. The number of likely N-dealkylation sites (N-methyl/N-ethyl adjacent to an activating group) is 1. The average Bonchev–Trinajstić information content (AvgIpc) is 3.08. The quantitative estimate of drug-likeness (QED) is 0.821. The molecule has 0 saturated heterocycles. The molecule has 3 aliphatic rings. The highest BCUT2D eigenvalue weighted by Crippen LogP contribution is 2.42. The molecule has 0 spiro atoms. The Morgan fingerprint density at radius 2 is 2.14 bits per heavy atom. The first-order valence-corrected chi connectivity index (χ1v) is 10.3. The molecule has 0 aliphatic carbocycles. The van der Waals surface area contributed by atoms with Gasteiger partial charge in [0, 0.05) is 30.2 Å². The summed E-state index contributed by atoms with van der Waals surface area (Å²) in [4.78, 5) is 11.2. The molecule has 1 aromatic rings. The van der Waals surface area contributed by atoms with Crippen LogP contribution in [0.2, 0.25) is 0 Å². The number of fused-ring (bicyclic) bond motifs is 1. The maximum Gasteiger partial charge on any atom is 0.224 e. The molecule has 29 heavy (non-hydrogen) atoms. The lowest BCUT2D eigenvalue weighted by atomic mass is 9.95. The molecule has 7 heteroatoms. The highest BCUT2D eigenvalue weighted by molar-refractivity contribution is 6.08. The van der Waals surface area contributed by atoms with E-state index in [4.69, 9.17) is 4.74 Å². The van der Waals surface area contributed by atoms with Crippen molar-refractivity contribution in [3.05, 3.63) is 35.5 Å². The first-order chi connectivity index (χ1) is 14.0. The van der Waals surface area contributed by atoms with Gasteiger partial charge in [0.1, 0.15) is 11.9 Å². The number of benzene rings is 1. The maximum absolute atomic E-state index is 15.8. The monoisotopic (exact) mass is 398 g/mol. The molecule has 0 amide bonds. The van der Waals surface area contributed by atoms with Gasteiger partial charge in [-0.25, -0.2) is 14.4 Å². The van der Waals surface area contributed by atoms with E-state index in [0.717, 1.165) is 42.7 Å². The minimum absolute atomic E-state index is 0.170. The number of nitrogens with one attached hydrogen (secondary N) is 2. The van der Waals surface area contributed by atoms with Crippen molar-refractivity contribution >= 4 is 22.9 Å². The maximum atomic E-state index is 15.8. The first-order valence-electron chi connectivity index (χ1n) is 10.3. The third-order valence-corrected chi connectivity index (χ3v) is 5.81. The molecule has 0 aromatic heterocycles. The van der Waals surface area contributed by atoms with E-state index >= 15 is 4.39 Å². The Labute approximate surface area is 171 Å². The molecule has 0 fully saturated rings. The van der Waals surface area contributed by atoms with Crippen LogP contribution < -0.4 is 15.4 Å². The van der Waals surface area contributed by atoms with Gasteiger partial charge in [-0.1, -0.05) is 6.08 Å². The molecule has 3 aliphatic heterocycles. The molecule has 2 unspecified atom stereocenters. The Hall–Kier alpha value is -2.25. The van der Waals surface area contributed by atoms with Crippen LogP contribution in [0.25, 0.3) is 5.57 Å². The number of hydrogen-bond donors (Lipinski definition) is 2. The lowest BCUT2D eigenvalue weighted by molar-refractivity contribution is 0.301. The number of ether oxygens (including phenoxy) is 1. The topological polar surface area (TPSA) is 61.2 Å². The van der Waals surface area contributed by atoms with Gasteiger partial charge >= 0.3 is 0 Å². The Kier molecular flexibility index (Phi) is 5.69. The van der Waals surface area contributed by atoms with Gasteiger partial charge in [0.2, 0.25) is 5.96 Å². The summed E-state index contributed by atoms with van der Waals surface area (Å²) in [5.41, 5.74) is 3.90. The second-order valence-electron chi connectivity index (χ2n) is 7.95. The summed E-state index contributed by atoms with van der Waals surface area (Å²) in [6.07, 6.45) is 6.54. The van der Waals surface area contributed by atoms with Gasteiger partial charge in [0.25, 0.3) is 0 Å². The second kappa shape index (κ2) is 8.24. The van der Waals surface area contributed by atoms with Crippen molar-refractivity contribution < 1.29 is 9.13 Å². The smallest absolute Gasteiger partial charge is 0.224 e. The molecule has 0 saturated carbocycles. The van der Waals surface area contributed by atoms with Crippen LogP contribution in [0.15, 0.2) is 22.1 Å². The van der Waals surface area contributed by atoms with Crippen LogP contribution in [-0.2, 0) is 6.42 Å². The SMILES string of the molecule is CNC1[CH]C(C)=NC(Nc2cc3c(c(C4=CC(C)N(C)CCC4)c2F)OCC3)=N1. The largest absolute Gasteiger partial charge is 0.492 e. The second-order valence-corrected chi connectivity index (χ2v) is 7.95. The summed E-state index contributed by atoms with van der Waals surface area (Å²) < 4.78 is 21.6. The summed E-state index contributed by atoms with van der Waals surface area (Å²) in [5.74, 6) is 0.818. The van der Waals surface area contributed by atoms with E-state index < -0.39 is 0 Å². The predicted octanol–water partition coefficient (Wildman–Crippen LogP) is 3.25. The van der Waals surface area contributed by atoms with Gasteiger partial charge in [-0.05, 0) is 59.0 Å². The van der Waals surface area contributed by atoms with E-state index in [1.54, 1.807) is 0 Å². The fourth-order valence-corrected chi connectivity index (χ4v) is 4.08. The predicted molar refractivity (Wildman–Crippen MR) is 116 cm³/mol. The van der Waals surface area contributed by atoms with Crippen molar-refractivity contribution in [1.82, 2.24) is 10.2 Å². The summed E-state index contributed by atoms with van der Waals surface area (Å²) in [5, 5.41) is 6.22. The number of rotatable bonds is 3. The fourth-order valence-electron chi connectivity index (χ4n) is 4.08. The molecule has 1 aromatic carbocycles. The molecule has 1 radical (unpaired) electrons. The van der Waals surface area contributed by atoms with Crippen LogP contribution >= 0.6 is 0 Å². The van der Waals surface area contributed by atoms with E-state index in [1.807, 2.05) is 26.5 Å². The van der Waals surface area contributed by atoms with Gasteiger partial charge < -0.3 is 15.0 Å². The third kappa shape index (κ3) is 4.07.